The molecule has 0 bridgehead atoms. The fourth-order valence-electron chi connectivity index (χ4n) is 2.36. The molecular weight excluding hydrogens is 403 g/mol. The number of halogens is 2. The van der Waals surface area contributed by atoms with Gasteiger partial charge in [0.2, 0.25) is 0 Å². The Kier molecular flexibility index (Phi) is 6.33. The molecular formula is C19H16ClFN4O2S. The molecule has 0 atom stereocenters. The van der Waals surface area contributed by atoms with Gasteiger partial charge in [-0.2, -0.15) is 0 Å². The Labute approximate surface area is 169 Å². The van der Waals surface area contributed by atoms with E-state index >= 15 is 0 Å². The van der Waals surface area contributed by atoms with Crippen molar-refractivity contribution in [1.82, 2.24) is 20.6 Å². The molecule has 3 rings (SSSR count). The van der Waals surface area contributed by atoms with E-state index in [-0.39, 0.29) is 23.0 Å². The highest BCUT2D eigenvalue weighted by atomic mass is 35.5. The number of thiophene rings is 1. The Hall–Kier alpha value is -2.84. The Morgan fingerprint density at radius 1 is 1.07 bits per heavy atom. The largest absolute Gasteiger partial charge is 0.347 e. The lowest BCUT2D eigenvalue weighted by Crippen LogP contribution is -2.27. The molecule has 0 fully saturated rings. The molecule has 0 unspecified atom stereocenters. The predicted octanol–water partition coefficient (Wildman–Crippen LogP) is 3.50. The number of aromatic nitrogens is 2. The van der Waals surface area contributed by atoms with Gasteiger partial charge < -0.3 is 10.6 Å². The summed E-state index contributed by atoms with van der Waals surface area (Å²) in [6, 6.07) is 7.49. The van der Waals surface area contributed by atoms with Gasteiger partial charge in [0.05, 0.1) is 11.6 Å². The molecule has 0 aliphatic carbocycles. The lowest BCUT2D eigenvalue weighted by molar-refractivity contribution is 0.0944. The minimum atomic E-state index is -0.527. The molecule has 0 saturated heterocycles. The molecule has 2 amide bonds. The minimum absolute atomic E-state index is 0.0197. The summed E-state index contributed by atoms with van der Waals surface area (Å²) in [4.78, 5) is 33.5. The number of amides is 2. The smallest absolute Gasteiger partial charge is 0.270 e. The lowest BCUT2D eigenvalue weighted by atomic mass is 10.2. The second-order valence-corrected chi connectivity index (χ2v) is 7.34. The van der Waals surface area contributed by atoms with Crippen LogP contribution < -0.4 is 10.6 Å². The number of nitrogens with zero attached hydrogens (tertiary/aromatic N) is 2. The Bertz CT molecular complexity index is 1020. The third-order valence-electron chi connectivity index (χ3n) is 3.95. The normalized spacial score (nSPS) is 10.5. The summed E-state index contributed by atoms with van der Waals surface area (Å²) >= 11 is 7.28. The monoisotopic (exact) mass is 418 g/mol. The summed E-state index contributed by atoms with van der Waals surface area (Å²) in [7, 11) is 0. The highest BCUT2D eigenvalue weighted by molar-refractivity contribution is 7.10. The van der Waals surface area contributed by atoms with E-state index < -0.39 is 17.6 Å². The average Bonchev–Trinajstić information content (AvgIpc) is 3.11. The van der Waals surface area contributed by atoms with E-state index in [9.17, 15) is 14.0 Å². The number of aryl methyl sites for hydroxylation is 1. The molecule has 1 aromatic carbocycles. The molecule has 144 valence electrons. The first-order valence-corrected chi connectivity index (χ1v) is 9.55. The molecule has 0 saturated carbocycles. The molecule has 28 heavy (non-hydrogen) atoms. The number of benzene rings is 1. The number of carbonyl (C=O) groups is 2. The average molecular weight is 419 g/mol. The standard InChI is InChI=1S/C19H16ClFN4O2S/c1-11-4-5-28-17(11)9-23-19(27)16-7-15(24-10-25-16)18(26)22-8-12-2-3-14(21)13(20)6-12/h2-7,10H,8-9H2,1H3,(H,22,26)(H,23,27). The maximum absolute atomic E-state index is 13.2. The van der Waals surface area contributed by atoms with Crippen LogP contribution in [-0.4, -0.2) is 21.8 Å². The Morgan fingerprint density at radius 2 is 1.75 bits per heavy atom. The third-order valence-corrected chi connectivity index (χ3v) is 5.26. The topological polar surface area (TPSA) is 84.0 Å². The zero-order valence-corrected chi connectivity index (χ0v) is 16.4. The number of hydrogen-bond acceptors (Lipinski definition) is 5. The van der Waals surface area contributed by atoms with Crippen molar-refractivity contribution in [1.29, 1.82) is 0 Å². The minimum Gasteiger partial charge on any atom is -0.347 e. The van der Waals surface area contributed by atoms with Gasteiger partial charge in [0, 0.05) is 17.5 Å². The van der Waals surface area contributed by atoms with E-state index in [1.807, 2.05) is 18.4 Å². The maximum atomic E-state index is 13.2. The first-order chi connectivity index (χ1) is 13.4. The third kappa shape index (κ3) is 4.90. The highest BCUT2D eigenvalue weighted by Gasteiger charge is 2.14. The Balaban J connectivity index is 1.61. The van der Waals surface area contributed by atoms with Gasteiger partial charge in [0.1, 0.15) is 23.5 Å². The van der Waals surface area contributed by atoms with Crippen molar-refractivity contribution in [3.8, 4) is 0 Å². The van der Waals surface area contributed by atoms with Gasteiger partial charge in [-0.3, -0.25) is 9.59 Å². The van der Waals surface area contributed by atoms with Gasteiger partial charge in [-0.05, 0) is 41.6 Å². The summed E-state index contributed by atoms with van der Waals surface area (Å²) < 4.78 is 13.2. The zero-order valence-electron chi connectivity index (χ0n) is 14.8. The van der Waals surface area contributed by atoms with Gasteiger partial charge in [0.15, 0.2) is 0 Å². The molecule has 0 spiro atoms. The van der Waals surface area contributed by atoms with Crippen LogP contribution in [0, 0.1) is 12.7 Å². The first-order valence-electron chi connectivity index (χ1n) is 8.29. The van der Waals surface area contributed by atoms with Crippen LogP contribution >= 0.6 is 22.9 Å². The van der Waals surface area contributed by atoms with Crippen LogP contribution in [0.1, 0.15) is 37.0 Å². The SMILES string of the molecule is Cc1ccsc1CNC(=O)c1cc(C(=O)NCc2ccc(F)c(Cl)c2)ncn1. The second-order valence-electron chi connectivity index (χ2n) is 5.93. The molecule has 0 aliphatic heterocycles. The summed E-state index contributed by atoms with van der Waals surface area (Å²) in [5.41, 5.74) is 1.90. The van der Waals surface area contributed by atoms with Crippen LogP contribution in [0.15, 0.2) is 42.0 Å². The van der Waals surface area contributed by atoms with E-state index in [1.165, 1.54) is 24.3 Å². The van der Waals surface area contributed by atoms with Gasteiger partial charge in [-0.1, -0.05) is 17.7 Å². The van der Waals surface area contributed by atoms with Crippen molar-refractivity contribution in [3.05, 3.63) is 80.3 Å². The number of nitrogens with one attached hydrogen (secondary N) is 2. The summed E-state index contributed by atoms with van der Waals surface area (Å²) in [5, 5.41) is 7.36. The molecule has 2 heterocycles. The van der Waals surface area contributed by atoms with Gasteiger partial charge >= 0.3 is 0 Å². The van der Waals surface area contributed by atoms with Crippen LogP contribution in [0.2, 0.25) is 5.02 Å². The van der Waals surface area contributed by atoms with E-state index in [1.54, 1.807) is 11.3 Å². The lowest BCUT2D eigenvalue weighted by Gasteiger charge is -2.07. The summed E-state index contributed by atoms with van der Waals surface area (Å²) in [5.74, 6) is -1.40. The maximum Gasteiger partial charge on any atom is 0.270 e. The number of hydrogen-bond donors (Lipinski definition) is 2. The van der Waals surface area contributed by atoms with Gasteiger partial charge in [-0.25, -0.2) is 14.4 Å². The zero-order chi connectivity index (χ0) is 20.1. The number of carbonyl (C=O) groups excluding carboxylic acids is 2. The fourth-order valence-corrected chi connectivity index (χ4v) is 3.41. The van der Waals surface area contributed by atoms with E-state index in [0.29, 0.717) is 12.1 Å². The van der Waals surface area contributed by atoms with Crippen molar-refractivity contribution in [3.63, 3.8) is 0 Å². The quantitative estimate of drug-likeness (QED) is 0.641. The van der Waals surface area contributed by atoms with Crippen LogP contribution in [-0.2, 0) is 13.1 Å². The van der Waals surface area contributed by atoms with Crippen LogP contribution in [0.4, 0.5) is 4.39 Å². The van der Waals surface area contributed by atoms with Crippen molar-refractivity contribution in [2.24, 2.45) is 0 Å². The molecule has 9 heteroatoms. The second kappa shape index (κ2) is 8.90. The van der Waals surface area contributed by atoms with Gasteiger partial charge in [-0.15, -0.1) is 11.3 Å². The highest BCUT2D eigenvalue weighted by Crippen LogP contribution is 2.16. The molecule has 3 aromatic rings. The predicted molar refractivity (Wildman–Crippen MR) is 105 cm³/mol. The number of rotatable bonds is 6. The van der Waals surface area contributed by atoms with Crippen molar-refractivity contribution >= 4 is 34.8 Å². The van der Waals surface area contributed by atoms with Crippen molar-refractivity contribution in [2.45, 2.75) is 20.0 Å². The van der Waals surface area contributed by atoms with Crippen molar-refractivity contribution in [2.75, 3.05) is 0 Å². The first kappa shape index (κ1) is 19.9. The summed E-state index contributed by atoms with van der Waals surface area (Å²) in [6.45, 7) is 2.50. The molecule has 0 aliphatic rings. The van der Waals surface area contributed by atoms with Crippen LogP contribution in [0.3, 0.4) is 0 Å². The molecule has 6 nitrogen and oxygen atoms in total. The Morgan fingerprint density at radius 3 is 2.36 bits per heavy atom. The molecule has 2 N–H and O–H groups in total. The van der Waals surface area contributed by atoms with Crippen molar-refractivity contribution < 1.29 is 14.0 Å². The van der Waals surface area contributed by atoms with E-state index in [4.69, 9.17) is 11.6 Å². The van der Waals surface area contributed by atoms with E-state index in [2.05, 4.69) is 20.6 Å². The van der Waals surface area contributed by atoms with E-state index in [0.717, 1.165) is 16.8 Å². The van der Waals surface area contributed by atoms with Crippen LogP contribution in [0.25, 0.3) is 0 Å². The van der Waals surface area contributed by atoms with Gasteiger partial charge in [0.25, 0.3) is 11.8 Å². The van der Waals surface area contributed by atoms with Crippen LogP contribution in [0.5, 0.6) is 0 Å². The summed E-state index contributed by atoms with van der Waals surface area (Å²) in [6.07, 6.45) is 1.16. The fraction of sp³-hybridized carbons (Fsp3) is 0.158. The molecule has 0 radical (unpaired) electrons. The molecule has 2 aromatic heterocycles.